The molecule has 424 valence electrons. The number of hydrazone groups is 1. The molecule has 1 amide bonds. The number of amides is 1. The molecule has 19 heteroatoms. The Hall–Kier alpha value is -4.41. The number of carbonyl (C=O) groups is 1. The summed E-state index contributed by atoms with van der Waals surface area (Å²) in [6.07, 6.45) is 9.77. The van der Waals surface area contributed by atoms with Crippen LogP contribution in [-0.2, 0) is 47.4 Å². The number of aryl methyl sites for hydroxylation is 1. The number of benzene rings is 2. The molecule has 3 aliphatic rings. The van der Waals surface area contributed by atoms with Gasteiger partial charge >= 0.3 is 0 Å². The molecule has 5 atom stereocenters. The molecule has 1 aromatic heterocycles. The van der Waals surface area contributed by atoms with Gasteiger partial charge in [0.15, 0.2) is 0 Å². The van der Waals surface area contributed by atoms with Gasteiger partial charge in [-0.25, -0.2) is 0 Å². The molecule has 5 unspecified atom stereocenters. The Kier molecular flexibility index (Phi) is 28.7. The Bertz CT molecular complexity index is 2070. The zero-order chi connectivity index (χ0) is 53.4. The van der Waals surface area contributed by atoms with Gasteiger partial charge in [0, 0.05) is 50.0 Å². The lowest BCUT2D eigenvalue weighted by atomic mass is 9.71. The second-order valence-electron chi connectivity index (χ2n) is 20.0. The molecule has 6 rings (SSSR count). The number of rotatable bonds is 41. The number of hydrogen-bond acceptors (Lipinski definition) is 17. The van der Waals surface area contributed by atoms with Gasteiger partial charge in [0.05, 0.1) is 124 Å². The van der Waals surface area contributed by atoms with Crippen LogP contribution in [-0.4, -0.2) is 188 Å². The lowest BCUT2D eigenvalue weighted by molar-refractivity contribution is -0.125. The van der Waals surface area contributed by atoms with Crippen LogP contribution in [0.25, 0.3) is 0 Å². The molecule has 3 fully saturated rings. The summed E-state index contributed by atoms with van der Waals surface area (Å²) < 4.78 is 58.3. The number of nitrogens with one attached hydrogen (secondary N) is 1. The Labute approximate surface area is 452 Å². The van der Waals surface area contributed by atoms with Crippen LogP contribution < -0.4 is 15.9 Å². The SMILES string of the molecule is CCCOCCOCCOCCOCCN=C/C(COCCOCCOCCOCCOc1ccc(C2CC(c3nnc(C)n3C(C)CC3CCC(C)N3CCC(NC(=O)C3CCOC3)c3ccccc3)C2)cc1)=N\N. The molecule has 1 aliphatic carbocycles. The van der Waals surface area contributed by atoms with E-state index in [-0.39, 0.29) is 30.5 Å². The van der Waals surface area contributed by atoms with E-state index in [2.05, 4.69) is 106 Å². The van der Waals surface area contributed by atoms with Crippen LogP contribution in [0.2, 0.25) is 0 Å². The Morgan fingerprint density at radius 1 is 0.776 bits per heavy atom. The van der Waals surface area contributed by atoms with Crippen molar-refractivity contribution in [2.75, 3.05) is 139 Å². The fourth-order valence-corrected chi connectivity index (χ4v) is 10.1. The third kappa shape index (κ3) is 21.4. The predicted octanol–water partition coefficient (Wildman–Crippen LogP) is 6.64. The Morgan fingerprint density at radius 3 is 2.01 bits per heavy atom. The van der Waals surface area contributed by atoms with Gasteiger partial charge < -0.3 is 63.1 Å². The highest BCUT2D eigenvalue weighted by atomic mass is 16.6. The summed E-state index contributed by atoms with van der Waals surface area (Å²) in [5.41, 5.74) is 3.02. The summed E-state index contributed by atoms with van der Waals surface area (Å²) in [7, 11) is 0. The predicted molar refractivity (Wildman–Crippen MR) is 293 cm³/mol. The smallest absolute Gasteiger partial charge is 0.226 e. The molecular weight excluding hydrogens is 973 g/mol. The highest BCUT2D eigenvalue weighted by molar-refractivity contribution is 6.31. The minimum Gasteiger partial charge on any atom is -0.491 e. The molecule has 0 bridgehead atoms. The standard InChI is InChI=1S/C57H90N8O11/c1-5-21-67-24-26-69-28-29-70-27-25-68-23-19-59-41-52(61-58)43-75-35-34-72-31-30-71-32-33-73-36-37-76-54-15-12-47(13-16-54)50-39-51(40-50)56-63-62-46(4)65(56)45(3)38-53-14-11-44(2)64(53)20-17-55(48-9-7-6-8-10-48)60-57(66)49-18-22-74-42-49/h6-10,12-13,15-16,41,44-45,49-51,53,55H,5,11,14,17-40,42-43,58H2,1-4H3,(H,60,66)/b59-41?,61-52+. The van der Waals surface area contributed by atoms with E-state index in [9.17, 15) is 4.79 Å². The third-order valence-electron chi connectivity index (χ3n) is 14.3. The molecule has 3 N–H and O–H groups in total. The maximum Gasteiger partial charge on any atom is 0.226 e. The average Bonchev–Trinajstić information content (AvgIpc) is 4.19. The number of aliphatic imine (C=N–C) groups is 1. The van der Waals surface area contributed by atoms with Crippen molar-refractivity contribution in [2.45, 2.75) is 115 Å². The molecule has 2 saturated heterocycles. The summed E-state index contributed by atoms with van der Waals surface area (Å²) >= 11 is 0. The minimum atomic E-state index is -0.0621. The first-order valence-electron chi connectivity index (χ1n) is 28.1. The monoisotopic (exact) mass is 1060 g/mol. The van der Waals surface area contributed by atoms with Crippen molar-refractivity contribution in [3.63, 3.8) is 0 Å². The van der Waals surface area contributed by atoms with Crippen LogP contribution in [0.5, 0.6) is 5.75 Å². The molecule has 3 aromatic rings. The van der Waals surface area contributed by atoms with Gasteiger partial charge in [-0.1, -0.05) is 49.4 Å². The van der Waals surface area contributed by atoms with E-state index >= 15 is 0 Å². The summed E-state index contributed by atoms with van der Waals surface area (Å²) in [6.45, 7) is 19.8. The molecule has 3 heterocycles. The molecule has 76 heavy (non-hydrogen) atoms. The molecule has 19 nitrogen and oxygen atoms in total. The van der Waals surface area contributed by atoms with Crippen molar-refractivity contribution >= 4 is 17.8 Å². The maximum absolute atomic E-state index is 13.2. The van der Waals surface area contributed by atoms with Crippen molar-refractivity contribution < 1.29 is 52.2 Å². The molecule has 1 saturated carbocycles. The first-order chi connectivity index (χ1) is 37.3. The average molecular weight is 1060 g/mol. The zero-order valence-electron chi connectivity index (χ0n) is 46.1. The van der Waals surface area contributed by atoms with E-state index in [0.29, 0.717) is 148 Å². The topological polar surface area (TPSA) is 206 Å². The number of likely N-dealkylation sites (tertiary alicyclic amines) is 1. The minimum absolute atomic E-state index is 0.0303. The normalized spacial score (nSPS) is 20.8. The van der Waals surface area contributed by atoms with Crippen LogP contribution in [0.1, 0.15) is 119 Å². The summed E-state index contributed by atoms with van der Waals surface area (Å²) in [5, 5.41) is 16.5. The van der Waals surface area contributed by atoms with Crippen LogP contribution in [0.15, 0.2) is 64.7 Å². The quantitative estimate of drug-likeness (QED) is 0.0264. The van der Waals surface area contributed by atoms with Gasteiger partial charge in [0.1, 0.15) is 29.7 Å². The first kappa shape index (κ1) is 60.8. The lowest BCUT2D eigenvalue weighted by Gasteiger charge is -2.37. The van der Waals surface area contributed by atoms with Crippen molar-refractivity contribution in [3.8, 4) is 5.75 Å². The van der Waals surface area contributed by atoms with Crippen LogP contribution in [0, 0.1) is 12.8 Å². The molecular formula is C57H90N8O11. The Balaban J connectivity index is 0.762. The summed E-state index contributed by atoms with van der Waals surface area (Å²) in [5.74, 6) is 9.33. The van der Waals surface area contributed by atoms with E-state index in [1.165, 1.54) is 18.4 Å². The van der Waals surface area contributed by atoms with E-state index in [4.69, 9.17) is 58.3 Å². The van der Waals surface area contributed by atoms with Gasteiger partial charge in [-0.3, -0.25) is 14.7 Å². The number of nitrogens with zero attached hydrogens (tertiary/aromatic N) is 6. The van der Waals surface area contributed by atoms with Crippen molar-refractivity contribution in [1.29, 1.82) is 0 Å². The first-order valence-corrected chi connectivity index (χ1v) is 28.1. The third-order valence-corrected chi connectivity index (χ3v) is 14.3. The summed E-state index contributed by atoms with van der Waals surface area (Å²) in [4.78, 5) is 20.2. The van der Waals surface area contributed by atoms with E-state index < -0.39 is 0 Å². The van der Waals surface area contributed by atoms with Crippen molar-refractivity contribution in [1.82, 2.24) is 25.0 Å². The highest BCUT2D eigenvalue weighted by Crippen LogP contribution is 2.48. The molecule has 0 radical (unpaired) electrons. The molecule has 2 aliphatic heterocycles. The van der Waals surface area contributed by atoms with E-state index in [0.717, 1.165) is 74.6 Å². The number of hydrogen-bond donors (Lipinski definition) is 2. The fourth-order valence-electron chi connectivity index (χ4n) is 10.1. The second kappa shape index (κ2) is 35.9. The number of aromatic nitrogens is 3. The van der Waals surface area contributed by atoms with Crippen molar-refractivity contribution in [2.24, 2.45) is 21.9 Å². The lowest BCUT2D eigenvalue weighted by Crippen LogP contribution is -2.40. The van der Waals surface area contributed by atoms with Crippen molar-refractivity contribution in [3.05, 3.63) is 77.4 Å². The van der Waals surface area contributed by atoms with Gasteiger partial charge in [-0.05, 0) is 101 Å². The second-order valence-corrected chi connectivity index (χ2v) is 20.0. The number of ether oxygens (including phenoxy) is 10. The van der Waals surface area contributed by atoms with Gasteiger partial charge in [0.2, 0.25) is 5.91 Å². The van der Waals surface area contributed by atoms with Crippen LogP contribution >= 0.6 is 0 Å². The maximum atomic E-state index is 13.2. The molecule has 2 aromatic carbocycles. The molecule has 0 spiro atoms. The Morgan fingerprint density at radius 2 is 1.39 bits per heavy atom. The highest BCUT2D eigenvalue weighted by Gasteiger charge is 2.38. The van der Waals surface area contributed by atoms with Crippen LogP contribution in [0.3, 0.4) is 0 Å². The zero-order valence-corrected chi connectivity index (χ0v) is 46.1. The van der Waals surface area contributed by atoms with Crippen LogP contribution in [0.4, 0.5) is 0 Å². The van der Waals surface area contributed by atoms with Gasteiger partial charge in [0.25, 0.3) is 0 Å². The summed E-state index contributed by atoms with van der Waals surface area (Å²) in [6, 6.07) is 20.1. The van der Waals surface area contributed by atoms with Gasteiger partial charge in [-0.2, -0.15) is 5.10 Å². The largest absolute Gasteiger partial charge is 0.491 e. The van der Waals surface area contributed by atoms with E-state index in [1.807, 2.05) is 6.07 Å². The van der Waals surface area contributed by atoms with E-state index in [1.54, 1.807) is 6.21 Å². The number of carbonyl (C=O) groups excluding carboxylic acids is 1. The number of nitrogens with two attached hydrogens (primary N) is 1. The fraction of sp³-hybridized carbons (Fsp3) is 0.702. The van der Waals surface area contributed by atoms with Gasteiger partial charge in [-0.15, -0.1) is 10.2 Å².